The van der Waals surface area contributed by atoms with Gasteiger partial charge in [-0.2, -0.15) is 0 Å². The van der Waals surface area contributed by atoms with E-state index in [2.05, 4.69) is 27.5 Å². The van der Waals surface area contributed by atoms with Gasteiger partial charge in [0.15, 0.2) is 5.96 Å². The van der Waals surface area contributed by atoms with Crippen molar-refractivity contribution < 1.29 is 8.81 Å². The standard InChI is InChI=1S/C22H25FN4O.HI/c1-3-24-22(26-14-17-6-10-19(23)11-7-17)25-13-12-20-15-28-21(27-20)18-8-4-16(2)5-9-18;/h4-11,15H,3,12-14H2,1-2H3,(H2,24,25,26);1H. The zero-order valence-corrected chi connectivity index (χ0v) is 18.9. The van der Waals surface area contributed by atoms with Gasteiger partial charge in [-0.1, -0.05) is 29.8 Å². The smallest absolute Gasteiger partial charge is 0.226 e. The average Bonchev–Trinajstić information content (AvgIpc) is 3.17. The summed E-state index contributed by atoms with van der Waals surface area (Å²) in [6, 6.07) is 14.5. The van der Waals surface area contributed by atoms with Gasteiger partial charge in [0.1, 0.15) is 12.1 Å². The fourth-order valence-electron chi connectivity index (χ4n) is 2.66. The van der Waals surface area contributed by atoms with Gasteiger partial charge < -0.3 is 15.1 Å². The van der Waals surface area contributed by atoms with E-state index in [1.54, 1.807) is 18.4 Å². The first-order valence-electron chi connectivity index (χ1n) is 9.42. The maximum Gasteiger partial charge on any atom is 0.226 e. The zero-order valence-electron chi connectivity index (χ0n) is 16.6. The molecule has 0 bridgehead atoms. The number of hydrogen-bond donors (Lipinski definition) is 2. The highest BCUT2D eigenvalue weighted by Crippen LogP contribution is 2.19. The molecule has 2 aromatic carbocycles. The lowest BCUT2D eigenvalue weighted by Gasteiger charge is -2.10. The Labute approximate surface area is 187 Å². The van der Waals surface area contributed by atoms with Gasteiger partial charge in [-0.25, -0.2) is 14.4 Å². The first kappa shape index (κ1) is 22.9. The second-order valence-electron chi connectivity index (χ2n) is 6.51. The number of nitrogens with one attached hydrogen (secondary N) is 2. The third-order valence-electron chi connectivity index (χ3n) is 4.20. The van der Waals surface area contributed by atoms with Crippen molar-refractivity contribution in [3.63, 3.8) is 0 Å². The minimum Gasteiger partial charge on any atom is -0.444 e. The Hall–Kier alpha value is -2.42. The van der Waals surface area contributed by atoms with Crippen LogP contribution in [0.2, 0.25) is 0 Å². The third kappa shape index (κ3) is 7.16. The summed E-state index contributed by atoms with van der Waals surface area (Å²) in [5.74, 6) is 1.11. The molecule has 0 amide bonds. The van der Waals surface area contributed by atoms with Gasteiger partial charge in [0.2, 0.25) is 5.89 Å². The minimum atomic E-state index is -0.240. The van der Waals surface area contributed by atoms with Crippen LogP contribution < -0.4 is 10.6 Å². The molecule has 0 atom stereocenters. The summed E-state index contributed by atoms with van der Waals surface area (Å²) in [6.07, 6.45) is 2.41. The van der Waals surface area contributed by atoms with Crippen molar-refractivity contribution in [2.45, 2.75) is 26.8 Å². The number of guanidine groups is 1. The molecular weight excluding hydrogens is 482 g/mol. The first-order chi connectivity index (χ1) is 13.6. The van der Waals surface area contributed by atoms with Crippen LogP contribution in [0.3, 0.4) is 0 Å². The molecule has 3 aromatic rings. The Kier molecular flexibility index (Phi) is 9.11. The lowest BCUT2D eigenvalue weighted by atomic mass is 10.1. The molecule has 5 nitrogen and oxygen atoms in total. The molecule has 0 saturated heterocycles. The summed E-state index contributed by atoms with van der Waals surface area (Å²) in [6.45, 7) is 5.99. The van der Waals surface area contributed by atoms with E-state index >= 15 is 0 Å². The molecule has 0 aliphatic carbocycles. The highest BCUT2D eigenvalue weighted by atomic mass is 127. The molecule has 1 aromatic heterocycles. The van der Waals surface area contributed by atoms with Gasteiger partial charge in [-0.3, -0.25) is 0 Å². The Morgan fingerprint density at radius 2 is 1.79 bits per heavy atom. The van der Waals surface area contributed by atoms with E-state index in [4.69, 9.17) is 4.42 Å². The van der Waals surface area contributed by atoms with Crippen LogP contribution in [0.4, 0.5) is 4.39 Å². The van der Waals surface area contributed by atoms with E-state index in [0.29, 0.717) is 24.9 Å². The number of halogens is 2. The van der Waals surface area contributed by atoms with Crippen LogP contribution in [0.1, 0.15) is 23.7 Å². The van der Waals surface area contributed by atoms with E-state index in [1.165, 1.54) is 17.7 Å². The number of aryl methyl sites for hydroxylation is 1. The van der Waals surface area contributed by atoms with Crippen LogP contribution in [0.15, 0.2) is 64.2 Å². The number of aromatic nitrogens is 1. The second-order valence-corrected chi connectivity index (χ2v) is 6.51. The Balaban J connectivity index is 0.00000300. The maximum absolute atomic E-state index is 13.0. The van der Waals surface area contributed by atoms with Crippen LogP contribution >= 0.6 is 24.0 Å². The lowest BCUT2D eigenvalue weighted by Crippen LogP contribution is -2.38. The Bertz CT molecular complexity index is 907. The normalized spacial score (nSPS) is 11.1. The van der Waals surface area contributed by atoms with Crippen molar-refractivity contribution in [2.75, 3.05) is 13.1 Å². The van der Waals surface area contributed by atoms with E-state index in [9.17, 15) is 4.39 Å². The molecule has 0 spiro atoms. The monoisotopic (exact) mass is 508 g/mol. The summed E-state index contributed by atoms with van der Waals surface area (Å²) in [5.41, 5.74) is 4.02. The van der Waals surface area contributed by atoms with Gasteiger partial charge in [-0.15, -0.1) is 24.0 Å². The summed E-state index contributed by atoms with van der Waals surface area (Å²) < 4.78 is 18.6. The van der Waals surface area contributed by atoms with Crippen LogP contribution in [-0.4, -0.2) is 24.0 Å². The largest absolute Gasteiger partial charge is 0.444 e. The van der Waals surface area contributed by atoms with Crippen molar-refractivity contribution in [3.05, 3.63) is 77.4 Å². The summed E-state index contributed by atoms with van der Waals surface area (Å²) in [7, 11) is 0. The lowest BCUT2D eigenvalue weighted by molar-refractivity contribution is 0.572. The summed E-state index contributed by atoms with van der Waals surface area (Å²) >= 11 is 0. The predicted molar refractivity (Wildman–Crippen MR) is 125 cm³/mol. The number of aliphatic imine (C=N–C) groups is 1. The molecule has 0 fully saturated rings. The van der Waals surface area contributed by atoms with E-state index in [1.807, 2.05) is 31.2 Å². The fourth-order valence-corrected chi connectivity index (χ4v) is 2.66. The number of nitrogens with zero attached hydrogens (tertiary/aromatic N) is 2. The number of hydrogen-bond acceptors (Lipinski definition) is 3. The average molecular weight is 508 g/mol. The quantitative estimate of drug-likeness (QED) is 0.276. The highest BCUT2D eigenvalue weighted by molar-refractivity contribution is 14.0. The maximum atomic E-state index is 13.0. The summed E-state index contributed by atoms with van der Waals surface area (Å²) in [4.78, 5) is 9.09. The molecule has 1 heterocycles. The molecule has 0 aliphatic heterocycles. The molecule has 154 valence electrons. The Morgan fingerprint density at radius 3 is 2.48 bits per heavy atom. The van der Waals surface area contributed by atoms with Crippen LogP contribution in [0.25, 0.3) is 11.5 Å². The highest BCUT2D eigenvalue weighted by Gasteiger charge is 2.07. The molecule has 29 heavy (non-hydrogen) atoms. The van der Waals surface area contributed by atoms with Gasteiger partial charge >= 0.3 is 0 Å². The van der Waals surface area contributed by atoms with Crippen LogP contribution in [-0.2, 0) is 13.0 Å². The number of oxazole rings is 1. The molecule has 2 N–H and O–H groups in total. The van der Waals surface area contributed by atoms with Crippen LogP contribution in [0.5, 0.6) is 0 Å². The molecule has 0 unspecified atom stereocenters. The topological polar surface area (TPSA) is 62.5 Å². The van der Waals surface area contributed by atoms with Gasteiger partial charge in [0, 0.05) is 25.1 Å². The molecular formula is C22H26FIN4O. The minimum absolute atomic E-state index is 0. The van der Waals surface area contributed by atoms with E-state index < -0.39 is 0 Å². The number of rotatable bonds is 7. The van der Waals surface area contributed by atoms with Crippen molar-refractivity contribution in [2.24, 2.45) is 4.99 Å². The van der Waals surface area contributed by atoms with Gasteiger partial charge in [0.05, 0.1) is 12.2 Å². The van der Waals surface area contributed by atoms with Crippen molar-refractivity contribution in [1.29, 1.82) is 0 Å². The van der Waals surface area contributed by atoms with Crippen molar-refractivity contribution in [1.82, 2.24) is 15.6 Å². The molecule has 7 heteroatoms. The Morgan fingerprint density at radius 1 is 1.07 bits per heavy atom. The number of benzene rings is 2. The van der Waals surface area contributed by atoms with Crippen LogP contribution in [0, 0.1) is 12.7 Å². The first-order valence-corrected chi connectivity index (χ1v) is 9.42. The molecule has 3 rings (SSSR count). The zero-order chi connectivity index (χ0) is 19.8. The van der Waals surface area contributed by atoms with Crippen molar-refractivity contribution in [3.8, 4) is 11.5 Å². The predicted octanol–water partition coefficient (Wildman–Crippen LogP) is 4.70. The van der Waals surface area contributed by atoms with Gasteiger partial charge in [-0.05, 0) is 43.7 Å². The summed E-state index contributed by atoms with van der Waals surface area (Å²) in [5, 5.41) is 6.50. The molecule has 0 saturated carbocycles. The fraction of sp³-hybridized carbons (Fsp3) is 0.273. The van der Waals surface area contributed by atoms with Gasteiger partial charge in [0.25, 0.3) is 0 Å². The SMILES string of the molecule is CCNC(=NCc1ccc(F)cc1)NCCc1coc(-c2ccc(C)cc2)n1.I. The third-order valence-corrected chi connectivity index (χ3v) is 4.20. The van der Waals surface area contributed by atoms with E-state index in [-0.39, 0.29) is 29.8 Å². The van der Waals surface area contributed by atoms with Crippen molar-refractivity contribution >= 4 is 29.9 Å². The second kappa shape index (κ2) is 11.5. The molecule has 0 radical (unpaired) electrons. The van der Waals surface area contributed by atoms with E-state index in [0.717, 1.165) is 29.8 Å². The molecule has 0 aliphatic rings.